The van der Waals surface area contributed by atoms with Gasteiger partial charge in [0.2, 0.25) is 11.8 Å². The summed E-state index contributed by atoms with van der Waals surface area (Å²) in [6.45, 7) is 5.61. The Kier molecular flexibility index (Phi) is 15.9. The van der Waals surface area contributed by atoms with Gasteiger partial charge in [0.25, 0.3) is 0 Å². The van der Waals surface area contributed by atoms with Crippen LogP contribution in [0.3, 0.4) is 0 Å². The van der Waals surface area contributed by atoms with E-state index in [1.807, 2.05) is 70.5 Å². The molecule has 9 rings (SSSR count). The molecular formula is C54H57ClF12N4O4. The monoisotopic (exact) mass is 1090 g/mol. The molecule has 0 saturated carbocycles. The number of amides is 2. The molecule has 2 amide bonds. The number of hydrogen-bond acceptors (Lipinski definition) is 6. The van der Waals surface area contributed by atoms with Gasteiger partial charge in [0.15, 0.2) is 0 Å². The zero-order valence-electron chi connectivity index (χ0n) is 41.1. The molecule has 4 aromatic carbocycles. The van der Waals surface area contributed by atoms with E-state index in [4.69, 9.17) is 21.1 Å². The first-order valence-electron chi connectivity index (χ1n) is 24.7. The molecule has 1 N–H and O–H groups in total. The van der Waals surface area contributed by atoms with Crippen molar-refractivity contribution in [2.45, 2.75) is 124 Å². The summed E-state index contributed by atoms with van der Waals surface area (Å²) in [5, 5.41) is 3.55. The fourth-order valence-corrected chi connectivity index (χ4v) is 12.0. The third-order valence-electron chi connectivity index (χ3n) is 16.1. The summed E-state index contributed by atoms with van der Waals surface area (Å²) < 4.78 is 173. The topological polar surface area (TPSA) is 74.4 Å². The first-order chi connectivity index (χ1) is 35.1. The molecule has 2 spiro atoms. The third kappa shape index (κ3) is 11.7. The summed E-state index contributed by atoms with van der Waals surface area (Å²) in [5.41, 5.74) is -6.18. The maximum absolute atomic E-state index is 13.4. The molecule has 7 atom stereocenters. The van der Waals surface area contributed by atoms with Crippen LogP contribution in [0, 0.1) is 0 Å². The van der Waals surface area contributed by atoms with E-state index in [2.05, 4.69) is 10.2 Å². The van der Waals surface area contributed by atoms with Gasteiger partial charge in [-0.3, -0.25) is 14.5 Å². The lowest BCUT2D eigenvalue weighted by Gasteiger charge is -2.59. The number of hydrogen-bond donors (Lipinski definition) is 1. The molecule has 2 bridgehead atoms. The van der Waals surface area contributed by atoms with Crippen LogP contribution in [-0.4, -0.2) is 89.4 Å². The van der Waals surface area contributed by atoms with Gasteiger partial charge in [0, 0.05) is 26.2 Å². The number of piperazine rings is 1. The SMILES string of the molecule is C[C@@H](OC[C@@]1(c2ccccc2)CC[C@@]23CCCN2C(=O)CN1C3)c1cc(C(F)(F)F)cc(C(F)(F)F)c1.C[C@@H](OC[C@@]1(c2ccccc2)CC[C@]2(CCCN2C(=O)CCl)CN1)c1cc(C(F)(F)F)cc(C(F)(F)F)c1. The second-order valence-electron chi connectivity index (χ2n) is 20.5. The van der Waals surface area contributed by atoms with Crippen LogP contribution in [0.25, 0.3) is 0 Å². The lowest BCUT2D eigenvalue weighted by molar-refractivity contribution is -0.164. The molecular weight excluding hydrogens is 1030 g/mol. The van der Waals surface area contributed by atoms with Gasteiger partial charge in [-0.05, 0) is 124 Å². The van der Waals surface area contributed by atoms with Crippen molar-refractivity contribution >= 4 is 23.4 Å². The van der Waals surface area contributed by atoms with Gasteiger partial charge in [-0.2, -0.15) is 52.7 Å². The van der Waals surface area contributed by atoms with E-state index in [-0.39, 0.29) is 66.3 Å². The van der Waals surface area contributed by atoms with Crippen LogP contribution in [0.5, 0.6) is 0 Å². The Morgan fingerprint density at radius 2 is 1.08 bits per heavy atom. The minimum atomic E-state index is -4.94. The number of fused-ring (bicyclic) bond motifs is 1. The molecule has 0 aromatic heterocycles. The Morgan fingerprint density at radius 1 is 0.613 bits per heavy atom. The lowest BCUT2D eigenvalue weighted by Crippen LogP contribution is -2.70. The second-order valence-corrected chi connectivity index (χ2v) is 20.8. The van der Waals surface area contributed by atoms with E-state index < -0.39 is 75.8 Å². The average Bonchev–Trinajstić information content (AvgIpc) is 4.00. The summed E-state index contributed by atoms with van der Waals surface area (Å²) >= 11 is 5.84. The van der Waals surface area contributed by atoms with Crippen LogP contribution in [0.1, 0.15) is 122 Å². The number of ether oxygens (including phenoxy) is 2. The lowest BCUT2D eigenvalue weighted by atomic mass is 9.72. The molecule has 4 aromatic rings. The molecule has 8 nitrogen and oxygen atoms in total. The molecule has 21 heteroatoms. The average molecular weight is 1090 g/mol. The largest absolute Gasteiger partial charge is 0.416 e. The van der Waals surface area contributed by atoms with Gasteiger partial charge in [-0.15, -0.1) is 11.6 Å². The predicted molar refractivity (Wildman–Crippen MR) is 254 cm³/mol. The van der Waals surface area contributed by atoms with E-state index in [1.54, 1.807) is 0 Å². The molecule has 5 fully saturated rings. The number of rotatable bonds is 11. The summed E-state index contributed by atoms with van der Waals surface area (Å²) in [4.78, 5) is 31.4. The smallest absolute Gasteiger partial charge is 0.372 e. The van der Waals surface area contributed by atoms with Crippen molar-refractivity contribution in [2.24, 2.45) is 0 Å². The van der Waals surface area contributed by atoms with Crippen molar-refractivity contribution in [2.75, 3.05) is 51.8 Å². The van der Waals surface area contributed by atoms with Gasteiger partial charge in [-0.1, -0.05) is 60.7 Å². The third-order valence-corrected chi connectivity index (χ3v) is 16.3. The van der Waals surface area contributed by atoms with E-state index in [1.165, 1.54) is 13.8 Å². The van der Waals surface area contributed by atoms with Crippen LogP contribution in [0.15, 0.2) is 97.1 Å². The first kappa shape index (κ1) is 56.3. The highest BCUT2D eigenvalue weighted by Crippen LogP contribution is 2.50. The summed E-state index contributed by atoms with van der Waals surface area (Å²) in [6, 6.07) is 21.9. The molecule has 5 aliphatic rings. The Morgan fingerprint density at radius 3 is 1.56 bits per heavy atom. The molecule has 75 heavy (non-hydrogen) atoms. The molecule has 408 valence electrons. The van der Waals surface area contributed by atoms with Crippen LogP contribution in [0.2, 0.25) is 0 Å². The number of carbonyl (C=O) groups excluding carboxylic acids is 2. The molecule has 0 aliphatic carbocycles. The fraction of sp³-hybridized carbons (Fsp3) is 0.519. The van der Waals surface area contributed by atoms with Crippen molar-refractivity contribution in [1.82, 2.24) is 20.0 Å². The van der Waals surface area contributed by atoms with Crippen molar-refractivity contribution in [1.29, 1.82) is 0 Å². The number of halogens is 13. The van der Waals surface area contributed by atoms with E-state index in [9.17, 15) is 62.3 Å². The van der Waals surface area contributed by atoms with E-state index in [0.717, 1.165) is 49.8 Å². The Balaban J connectivity index is 0.000000199. The number of benzene rings is 4. The summed E-state index contributed by atoms with van der Waals surface area (Å²) in [5.74, 6) is -0.194. The Bertz CT molecular complexity index is 2600. The molecule has 5 heterocycles. The van der Waals surface area contributed by atoms with Crippen molar-refractivity contribution in [3.8, 4) is 0 Å². The van der Waals surface area contributed by atoms with Gasteiger partial charge in [0.1, 0.15) is 5.88 Å². The normalized spacial score (nSPS) is 26.9. The number of likely N-dealkylation sites (tertiary alicyclic amines) is 1. The Hall–Kier alpha value is -4.89. The number of carbonyl (C=O) groups is 2. The van der Waals surface area contributed by atoms with E-state index in [0.29, 0.717) is 63.2 Å². The van der Waals surface area contributed by atoms with Crippen molar-refractivity contribution in [3.63, 3.8) is 0 Å². The molecule has 5 saturated heterocycles. The summed E-state index contributed by atoms with van der Waals surface area (Å²) in [7, 11) is 0. The zero-order valence-corrected chi connectivity index (χ0v) is 41.9. The highest BCUT2D eigenvalue weighted by molar-refractivity contribution is 6.27. The molecule has 0 radical (unpaired) electrons. The van der Waals surface area contributed by atoms with E-state index >= 15 is 0 Å². The zero-order chi connectivity index (χ0) is 54.4. The van der Waals surface area contributed by atoms with Crippen LogP contribution >= 0.6 is 11.6 Å². The standard InChI is InChI=1S/C27H29ClF6N2O2.C27H28F6N2O2/c1-18(19-12-21(26(29,30)31)14-22(13-19)27(32,33)34)38-17-25(20-6-3-2-4-7-20)10-9-24(16-35-25)8-5-11-36(24)23(37)15-28;1-18(19-12-21(26(28,29)30)14-22(13-19)27(31,32)33)37-17-25(20-6-3-2-4-7-20)10-9-24-8-5-11-35(24)23(36)15-34(25)16-24/h2-4,6-7,12-14,18,35H,5,8-11,15-17H2,1H3;2-4,6-7,12-14,18H,5,8-11,15-17H2,1H3/t2*18-,24-,25-/m11/s1. The highest BCUT2D eigenvalue weighted by Gasteiger charge is 2.58. The molecule has 5 aliphatic heterocycles. The number of alkyl halides is 13. The van der Waals surface area contributed by atoms with Crippen molar-refractivity contribution in [3.05, 3.63) is 142 Å². The number of nitrogens with zero attached hydrogens (tertiary/aromatic N) is 3. The van der Waals surface area contributed by atoms with Crippen molar-refractivity contribution < 1.29 is 71.7 Å². The number of piperidine rings is 2. The van der Waals surface area contributed by atoms with Gasteiger partial charge >= 0.3 is 24.7 Å². The fourth-order valence-electron chi connectivity index (χ4n) is 11.9. The van der Waals surface area contributed by atoms with Crippen LogP contribution in [-0.2, 0) is 54.8 Å². The maximum Gasteiger partial charge on any atom is 0.416 e. The first-order valence-corrected chi connectivity index (χ1v) is 25.3. The second kappa shape index (κ2) is 21.2. The minimum Gasteiger partial charge on any atom is -0.372 e. The van der Waals surface area contributed by atoms with Crippen LogP contribution < -0.4 is 5.32 Å². The highest BCUT2D eigenvalue weighted by atomic mass is 35.5. The Labute approximate surface area is 431 Å². The quantitative estimate of drug-likeness (QED) is 0.119. The maximum atomic E-state index is 13.4. The van der Waals surface area contributed by atoms with Gasteiger partial charge in [0.05, 0.1) is 76.4 Å². The van der Waals surface area contributed by atoms with Gasteiger partial charge < -0.3 is 24.6 Å². The van der Waals surface area contributed by atoms with Crippen LogP contribution in [0.4, 0.5) is 52.7 Å². The molecule has 1 unspecified atom stereocenters. The van der Waals surface area contributed by atoms with Gasteiger partial charge in [-0.25, -0.2) is 0 Å². The minimum absolute atomic E-state index is 0.00924. The predicted octanol–water partition coefficient (Wildman–Crippen LogP) is 12.8. The summed E-state index contributed by atoms with van der Waals surface area (Å²) in [6.07, 6.45) is -15.7. The number of nitrogens with one attached hydrogen (secondary N) is 1.